The number of hydrogen-bond donors (Lipinski definition) is 2. The molecular formula is C20H12N2O7. The highest BCUT2D eigenvalue weighted by Gasteiger charge is 2.30. The molecular weight excluding hydrogens is 380 g/mol. The number of cyclic esters (lactones) is 2. The van der Waals surface area contributed by atoms with Crippen LogP contribution < -0.4 is 10.6 Å². The predicted molar refractivity (Wildman–Crippen MR) is 95.7 cm³/mol. The third-order valence-electron chi connectivity index (χ3n) is 4.61. The molecule has 0 spiro atoms. The minimum absolute atomic E-state index is 0.00374. The fraction of sp³-hybridized carbons (Fsp3) is 0.100. The summed E-state index contributed by atoms with van der Waals surface area (Å²) in [7, 11) is 0. The van der Waals surface area contributed by atoms with Gasteiger partial charge in [-0.25, -0.2) is 9.59 Å². The van der Waals surface area contributed by atoms with Crippen molar-refractivity contribution in [2.24, 2.45) is 0 Å². The van der Waals surface area contributed by atoms with Crippen LogP contribution >= 0.6 is 0 Å². The van der Waals surface area contributed by atoms with Gasteiger partial charge in [0.15, 0.2) is 11.6 Å². The zero-order chi connectivity index (χ0) is 20.7. The molecule has 1 aliphatic carbocycles. The minimum Gasteiger partial charge on any atom is -0.386 e. The van der Waals surface area contributed by atoms with Crippen LogP contribution in [0.25, 0.3) is 0 Å². The molecule has 2 aromatic carbocycles. The van der Waals surface area contributed by atoms with Crippen molar-refractivity contribution in [1.82, 2.24) is 10.6 Å². The largest absolute Gasteiger partial charge is 0.386 e. The molecule has 29 heavy (non-hydrogen) atoms. The number of carbonyl (C=O) groups is 6. The Balaban J connectivity index is 1.38. The smallest absolute Gasteiger partial charge is 0.346 e. The summed E-state index contributed by atoms with van der Waals surface area (Å²) in [4.78, 5) is 70.8. The molecule has 0 bridgehead atoms. The second-order valence-corrected chi connectivity index (χ2v) is 6.41. The Morgan fingerprint density at radius 1 is 0.724 bits per heavy atom. The van der Waals surface area contributed by atoms with E-state index in [1.54, 1.807) is 0 Å². The van der Waals surface area contributed by atoms with Crippen molar-refractivity contribution in [2.45, 2.75) is 6.42 Å². The van der Waals surface area contributed by atoms with Crippen LogP contribution in [0.1, 0.15) is 68.6 Å². The molecule has 0 fully saturated rings. The third-order valence-corrected chi connectivity index (χ3v) is 4.61. The quantitative estimate of drug-likeness (QED) is 0.448. The number of ketones is 2. The van der Waals surface area contributed by atoms with Gasteiger partial charge in [-0.3, -0.25) is 19.2 Å². The van der Waals surface area contributed by atoms with Gasteiger partial charge in [0.1, 0.15) is 0 Å². The molecule has 9 nitrogen and oxygen atoms in total. The molecule has 0 saturated heterocycles. The van der Waals surface area contributed by atoms with Crippen molar-refractivity contribution in [3.63, 3.8) is 0 Å². The monoisotopic (exact) mass is 392 g/mol. The van der Waals surface area contributed by atoms with E-state index in [4.69, 9.17) is 0 Å². The number of nitrogens with one attached hydrogen (secondary N) is 2. The standard InChI is InChI=1S/C20H12N2O7/c23-15-7-16(24)13-5-9(1-3-11(13)15)17(25)21-8-22-18(26)10-2-4-12-14(6-10)20(28)29-19(12)27/h1-6H,7-8H2,(H,21,25)(H,22,26). The first-order valence-corrected chi connectivity index (χ1v) is 8.52. The lowest BCUT2D eigenvalue weighted by atomic mass is 10.1. The molecule has 2 amide bonds. The summed E-state index contributed by atoms with van der Waals surface area (Å²) in [5.74, 6) is -3.31. The Morgan fingerprint density at radius 2 is 1.24 bits per heavy atom. The molecule has 4 rings (SSSR count). The van der Waals surface area contributed by atoms with Gasteiger partial charge in [0, 0.05) is 22.3 Å². The van der Waals surface area contributed by atoms with Gasteiger partial charge in [0.2, 0.25) is 0 Å². The predicted octanol–water partition coefficient (Wildman–Crippen LogP) is 0.884. The maximum Gasteiger partial charge on any atom is 0.346 e. The fourth-order valence-electron chi connectivity index (χ4n) is 3.13. The van der Waals surface area contributed by atoms with Crippen LogP contribution in [0.2, 0.25) is 0 Å². The number of Topliss-reactive ketones (excluding diaryl/α,β-unsaturated/α-hetero) is 2. The lowest BCUT2D eigenvalue weighted by Crippen LogP contribution is -2.37. The number of esters is 2. The summed E-state index contributed by atoms with van der Waals surface area (Å²) in [6.07, 6.45) is -0.198. The maximum absolute atomic E-state index is 12.2. The number of amides is 2. The van der Waals surface area contributed by atoms with Crippen LogP contribution in [0.3, 0.4) is 0 Å². The summed E-state index contributed by atoms with van der Waals surface area (Å²) in [6.45, 7) is -0.220. The van der Waals surface area contributed by atoms with E-state index < -0.39 is 23.8 Å². The maximum atomic E-state index is 12.2. The number of rotatable bonds is 4. The van der Waals surface area contributed by atoms with Crippen LogP contribution in [-0.4, -0.2) is 42.0 Å². The molecule has 0 aromatic heterocycles. The molecule has 144 valence electrons. The molecule has 1 heterocycles. The highest BCUT2D eigenvalue weighted by molar-refractivity contribution is 6.24. The van der Waals surface area contributed by atoms with Crippen LogP contribution in [0, 0.1) is 0 Å². The molecule has 2 aromatic rings. The van der Waals surface area contributed by atoms with Gasteiger partial charge < -0.3 is 15.4 Å². The van der Waals surface area contributed by atoms with Crippen LogP contribution in [0.5, 0.6) is 0 Å². The molecule has 2 N–H and O–H groups in total. The van der Waals surface area contributed by atoms with Gasteiger partial charge in [-0.2, -0.15) is 0 Å². The van der Waals surface area contributed by atoms with Crippen LogP contribution in [0.4, 0.5) is 0 Å². The van der Waals surface area contributed by atoms with Crippen molar-refractivity contribution in [2.75, 3.05) is 6.67 Å². The summed E-state index contributed by atoms with van der Waals surface area (Å²) in [5, 5.41) is 4.93. The number of fused-ring (bicyclic) bond motifs is 2. The van der Waals surface area contributed by atoms with Crippen molar-refractivity contribution >= 4 is 35.3 Å². The average molecular weight is 392 g/mol. The first kappa shape index (κ1) is 18.2. The van der Waals surface area contributed by atoms with Gasteiger partial charge >= 0.3 is 11.9 Å². The number of hydrogen-bond acceptors (Lipinski definition) is 7. The van der Waals surface area contributed by atoms with Gasteiger partial charge in [-0.05, 0) is 36.4 Å². The van der Waals surface area contributed by atoms with Crippen molar-refractivity contribution < 1.29 is 33.5 Å². The van der Waals surface area contributed by atoms with Crippen molar-refractivity contribution in [3.05, 3.63) is 69.8 Å². The molecule has 9 heteroatoms. The zero-order valence-electron chi connectivity index (χ0n) is 14.7. The number of carbonyl (C=O) groups excluding carboxylic acids is 6. The molecule has 0 unspecified atom stereocenters. The lowest BCUT2D eigenvalue weighted by Gasteiger charge is -2.08. The van der Waals surface area contributed by atoms with E-state index in [2.05, 4.69) is 15.4 Å². The van der Waals surface area contributed by atoms with E-state index >= 15 is 0 Å². The molecule has 0 radical (unpaired) electrons. The Hall–Kier alpha value is -4.14. The summed E-state index contributed by atoms with van der Waals surface area (Å²) < 4.78 is 4.46. The second kappa shape index (κ2) is 6.79. The number of benzene rings is 2. The van der Waals surface area contributed by atoms with Crippen LogP contribution in [0.15, 0.2) is 36.4 Å². The molecule has 0 atom stereocenters. The van der Waals surface area contributed by atoms with E-state index in [1.807, 2.05) is 0 Å². The number of ether oxygens (including phenoxy) is 1. The normalized spacial score (nSPS) is 14.3. The summed E-state index contributed by atoms with van der Waals surface area (Å²) >= 11 is 0. The first-order valence-electron chi connectivity index (χ1n) is 8.52. The van der Waals surface area contributed by atoms with Gasteiger partial charge in [-0.15, -0.1) is 0 Å². The van der Waals surface area contributed by atoms with Gasteiger partial charge in [-0.1, -0.05) is 0 Å². The lowest BCUT2D eigenvalue weighted by molar-refractivity contribution is 0.0442. The topological polar surface area (TPSA) is 136 Å². The Labute approximate surface area is 163 Å². The SMILES string of the molecule is O=C(NCNC(=O)c1ccc2c(c1)C(=O)OC2=O)c1ccc2c(c1)C(=O)CC2=O. The molecule has 1 aliphatic heterocycles. The van der Waals surface area contributed by atoms with E-state index in [-0.39, 0.29) is 52.5 Å². The third kappa shape index (κ3) is 3.18. The highest BCUT2D eigenvalue weighted by Crippen LogP contribution is 2.23. The Morgan fingerprint density at radius 3 is 1.90 bits per heavy atom. The van der Waals surface area contributed by atoms with E-state index in [0.717, 1.165) is 0 Å². The van der Waals surface area contributed by atoms with Crippen molar-refractivity contribution in [1.29, 1.82) is 0 Å². The van der Waals surface area contributed by atoms with Crippen molar-refractivity contribution in [3.8, 4) is 0 Å². The van der Waals surface area contributed by atoms with Gasteiger partial charge in [0.25, 0.3) is 11.8 Å². The Kier molecular flexibility index (Phi) is 4.27. The summed E-state index contributed by atoms with van der Waals surface area (Å²) in [5.41, 5.74) is 0.902. The zero-order valence-corrected chi connectivity index (χ0v) is 14.7. The van der Waals surface area contributed by atoms with E-state index in [1.165, 1.54) is 36.4 Å². The van der Waals surface area contributed by atoms with E-state index in [9.17, 15) is 28.8 Å². The second-order valence-electron chi connectivity index (χ2n) is 6.41. The minimum atomic E-state index is -0.822. The fourth-order valence-corrected chi connectivity index (χ4v) is 3.13. The highest BCUT2D eigenvalue weighted by atomic mass is 16.6. The molecule has 0 saturated carbocycles. The van der Waals surface area contributed by atoms with Gasteiger partial charge in [0.05, 0.1) is 24.2 Å². The van der Waals surface area contributed by atoms with E-state index in [0.29, 0.717) is 5.56 Å². The average Bonchev–Trinajstić information content (AvgIpc) is 3.16. The van der Waals surface area contributed by atoms with Crippen LogP contribution in [-0.2, 0) is 4.74 Å². The first-order chi connectivity index (χ1) is 13.8. The molecule has 2 aliphatic rings. The Bertz CT molecular complexity index is 1060. The summed E-state index contributed by atoms with van der Waals surface area (Å²) in [6, 6.07) is 8.13.